The van der Waals surface area contributed by atoms with Crippen molar-refractivity contribution in [1.82, 2.24) is 24.3 Å². The molecule has 0 atom stereocenters. The first-order chi connectivity index (χ1) is 14.6. The maximum atomic E-state index is 14.7. The zero-order valence-electron chi connectivity index (χ0n) is 17.0. The molecule has 3 aromatic heterocycles. The van der Waals surface area contributed by atoms with E-state index in [0.29, 0.717) is 5.69 Å². The highest BCUT2D eigenvalue weighted by Gasteiger charge is 2.21. The van der Waals surface area contributed by atoms with Crippen LogP contribution in [0, 0.1) is 12.7 Å². The molecule has 6 nitrogen and oxygen atoms in total. The molecule has 154 valence electrons. The van der Waals surface area contributed by atoms with Gasteiger partial charge in [0.2, 0.25) is 0 Å². The molecule has 5 rings (SSSR count). The molecule has 1 aliphatic rings. The molecule has 0 aliphatic heterocycles. The number of benzene rings is 1. The highest BCUT2D eigenvalue weighted by molar-refractivity contribution is 7.14. The summed E-state index contributed by atoms with van der Waals surface area (Å²) in [5.41, 5.74) is 5.35. The zero-order chi connectivity index (χ0) is 20.7. The van der Waals surface area contributed by atoms with Crippen LogP contribution in [0.2, 0.25) is 0 Å². The smallest absolute Gasteiger partial charge is 0.188 e. The lowest BCUT2D eigenvalue weighted by atomic mass is 9.97. The number of aryl methyl sites for hydroxylation is 3. The van der Waals surface area contributed by atoms with Gasteiger partial charge in [-0.2, -0.15) is 5.10 Å². The van der Waals surface area contributed by atoms with Crippen LogP contribution in [0.5, 0.6) is 0 Å². The number of nitrogens with one attached hydrogen (secondary N) is 1. The number of anilines is 2. The van der Waals surface area contributed by atoms with Crippen LogP contribution in [-0.4, -0.2) is 24.3 Å². The van der Waals surface area contributed by atoms with E-state index in [2.05, 4.69) is 17.2 Å². The Bertz CT molecular complexity index is 1200. The van der Waals surface area contributed by atoms with Gasteiger partial charge < -0.3 is 9.88 Å². The van der Waals surface area contributed by atoms with Crippen molar-refractivity contribution in [3.8, 4) is 16.9 Å². The van der Waals surface area contributed by atoms with Crippen LogP contribution in [0.4, 0.5) is 15.3 Å². The van der Waals surface area contributed by atoms with Crippen LogP contribution in [0.1, 0.15) is 36.7 Å². The zero-order valence-corrected chi connectivity index (χ0v) is 17.8. The van der Waals surface area contributed by atoms with E-state index < -0.39 is 0 Å². The Hall–Kier alpha value is -3.00. The molecule has 0 saturated heterocycles. The molecule has 3 heterocycles. The molecule has 8 heteroatoms. The van der Waals surface area contributed by atoms with Gasteiger partial charge in [0.25, 0.3) is 0 Å². The van der Waals surface area contributed by atoms with E-state index in [1.165, 1.54) is 41.5 Å². The van der Waals surface area contributed by atoms with Gasteiger partial charge in [0, 0.05) is 29.2 Å². The van der Waals surface area contributed by atoms with Gasteiger partial charge >= 0.3 is 0 Å². The molecule has 0 saturated carbocycles. The third-order valence-electron chi connectivity index (χ3n) is 5.49. The molecular weight excluding hydrogens is 399 g/mol. The maximum Gasteiger partial charge on any atom is 0.188 e. The van der Waals surface area contributed by atoms with E-state index in [0.717, 1.165) is 47.3 Å². The summed E-state index contributed by atoms with van der Waals surface area (Å²) in [6.45, 7) is 4.80. The fraction of sp³-hybridized carbons (Fsp3) is 0.318. The first-order valence-electron chi connectivity index (χ1n) is 10.2. The molecule has 0 bridgehead atoms. The second kappa shape index (κ2) is 7.68. The van der Waals surface area contributed by atoms with Crippen LogP contribution in [0.25, 0.3) is 16.9 Å². The molecule has 30 heavy (non-hydrogen) atoms. The topological polar surface area (TPSA) is 60.6 Å². The second-order valence-corrected chi connectivity index (χ2v) is 8.41. The summed E-state index contributed by atoms with van der Waals surface area (Å²) < 4.78 is 18.4. The average Bonchev–Trinajstić information content (AvgIpc) is 3.47. The van der Waals surface area contributed by atoms with Crippen molar-refractivity contribution in [1.29, 1.82) is 0 Å². The van der Waals surface area contributed by atoms with Gasteiger partial charge in [0.1, 0.15) is 11.6 Å². The monoisotopic (exact) mass is 422 g/mol. The summed E-state index contributed by atoms with van der Waals surface area (Å²) in [6.07, 6.45) is 7.92. The number of aromatic nitrogens is 5. The normalized spacial score (nSPS) is 13.4. The SMILES string of the molecule is CCn1nc2c(c1Nc1nc(-c3ccc(-n4cnc(C)c4)c(F)c3)cs1)CCCC2. The number of nitrogens with zero attached hydrogens (tertiary/aromatic N) is 5. The predicted octanol–water partition coefficient (Wildman–Crippen LogP) is 5.28. The van der Waals surface area contributed by atoms with Crippen molar-refractivity contribution < 1.29 is 4.39 Å². The first-order valence-corrected chi connectivity index (χ1v) is 11.1. The number of thiazole rings is 1. The van der Waals surface area contributed by atoms with E-state index in [1.807, 2.05) is 23.1 Å². The minimum absolute atomic E-state index is 0.300. The molecule has 0 amide bonds. The average molecular weight is 423 g/mol. The summed E-state index contributed by atoms with van der Waals surface area (Å²) in [6, 6.07) is 5.19. The Morgan fingerprint density at radius 1 is 1.23 bits per heavy atom. The second-order valence-electron chi connectivity index (χ2n) is 7.55. The molecular formula is C22H23FN6S. The number of rotatable bonds is 5. The van der Waals surface area contributed by atoms with Gasteiger partial charge in [-0.25, -0.2) is 19.0 Å². The van der Waals surface area contributed by atoms with Gasteiger partial charge in [0.05, 0.1) is 29.1 Å². The fourth-order valence-corrected chi connectivity index (χ4v) is 4.69. The number of hydrogen-bond donors (Lipinski definition) is 1. The van der Waals surface area contributed by atoms with Crippen molar-refractivity contribution in [2.24, 2.45) is 0 Å². The van der Waals surface area contributed by atoms with Gasteiger partial charge in [0.15, 0.2) is 5.13 Å². The van der Waals surface area contributed by atoms with Crippen LogP contribution in [0.3, 0.4) is 0 Å². The minimum atomic E-state index is -0.300. The highest BCUT2D eigenvalue weighted by atomic mass is 32.1. The van der Waals surface area contributed by atoms with Crippen LogP contribution in [-0.2, 0) is 19.4 Å². The van der Waals surface area contributed by atoms with Crippen molar-refractivity contribution in [3.05, 3.63) is 58.9 Å². The predicted molar refractivity (Wildman–Crippen MR) is 117 cm³/mol. The Morgan fingerprint density at radius 2 is 2.10 bits per heavy atom. The van der Waals surface area contributed by atoms with E-state index in [9.17, 15) is 4.39 Å². The third kappa shape index (κ3) is 3.41. The molecule has 1 N–H and O–H groups in total. The maximum absolute atomic E-state index is 14.7. The standard InChI is InChI=1S/C22H23FN6S/c1-3-29-21(16-6-4-5-7-18(16)27-29)26-22-25-19(12-30-22)15-8-9-20(17(23)10-15)28-11-14(2)24-13-28/h8-13H,3-7H2,1-2H3,(H,25,26). The van der Waals surface area contributed by atoms with Gasteiger partial charge in [-0.15, -0.1) is 11.3 Å². The summed E-state index contributed by atoms with van der Waals surface area (Å²) in [7, 11) is 0. The Labute approximate surface area is 178 Å². The number of halogens is 1. The number of hydrogen-bond acceptors (Lipinski definition) is 5. The summed E-state index contributed by atoms with van der Waals surface area (Å²) >= 11 is 1.52. The first kappa shape index (κ1) is 19.0. The minimum Gasteiger partial charge on any atom is -0.316 e. The Morgan fingerprint density at radius 3 is 2.87 bits per heavy atom. The third-order valence-corrected chi connectivity index (χ3v) is 6.24. The van der Waals surface area contributed by atoms with Crippen LogP contribution in [0.15, 0.2) is 36.1 Å². The lowest BCUT2D eigenvalue weighted by molar-refractivity contribution is 0.618. The molecule has 1 aliphatic carbocycles. The molecule has 0 radical (unpaired) electrons. The summed E-state index contributed by atoms with van der Waals surface area (Å²) in [4.78, 5) is 8.88. The molecule has 0 fully saturated rings. The lowest BCUT2D eigenvalue weighted by Gasteiger charge is -2.12. The fourth-order valence-electron chi connectivity index (χ4n) is 3.97. The van der Waals surface area contributed by atoms with E-state index in [1.54, 1.807) is 23.2 Å². The largest absolute Gasteiger partial charge is 0.316 e. The molecule has 4 aromatic rings. The van der Waals surface area contributed by atoms with Gasteiger partial charge in [-0.05, 0) is 51.7 Å². The Balaban J connectivity index is 1.41. The van der Waals surface area contributed by atoms with E-state index in [-0.39, 0.29) is 5.82 Å². The van der Waals surface area contributed by atoms with Crippen molar-refractivity contribution >= 4 is 22.3 Å². The van der Waals surface area contributed by atoms with E-state index in [4.69, 9.17) is 10.1 Å². The highest BCUT2D eigenvalue weighted by Crippen LogP contribution is 2.33. The van der Waals surface area contributed by atoms with E-state index >= 15 is 0 Å². The summed E-state index contributed by atoms with van der Waals surface area (Å²) in [5, 5.41) is 11.0. The van der Waals surface area contributed by atoms with Crippen molar-refractivity contribution in [3.63, 3.8) is 0 Å². The number of fused-ring (bicyclic) bond motifs is 1. The molecule has 0 spiro atoms. The van der Waals surface area contributed by atoms with Gasteiger partial charge in [-0.3, -0.25) is 0 Å². The molecule has 0 unspecified atom stereocenters. The van der Waals surface area contributed by atoms with Crippen LogP contribution < -0.4 is 5.32 Å². The Kier molecular flexibility index (Phi) is 4.86. The number of imidazole rings is 1. The van der Waals surface area contributed by atoms with Crippen molar-refractivity contribution in [2.75, 3.05) is 5.32 Å². The van der Waals surface area contributed by atoms with Crippen molar-refractivity contribution in [2.45, 2.75) is 46.1 Å². The van der Waals surface area contributed by atoms with Crippen LogP contribution >= 0.6 is 11.3 Å². The quantitative estimate of drug-likeness (QED) is 0.475. The lowest BCUT2D eigenvalue weighted by Crippen LogP contribution is -2.04. The molecule has 1 aromatic carbocycles. The summed E-state index contributed by atoms with van der Waals surface area (Å²) in [5.74, 6) is 0.746. The van der Waals surface area contributed by atoms with Gasteiger partial charge in [-0.1, -0.05) is 6.07 Å².